The summed E-state index contributed by atoms with van der Waals surface area (Å²) < 4.78 is 0. The lowest BCUT2D eigenvalue weighted by atomic mass is 10.3. The molecule has 0 saturated heterocycles. The van der Waals surface area contributed by atoms with Crippen LogP contribution in [-0.4, -0.2) is 23.1 Å². The summed E-state index contributed by atoms with van der Waals surface area (Å²) in [6.45, 7) is 6.96. The fraction of sp³-hybridized carbons (Fsp3) is 0.400. The van der Waals surface area contributed by atoms with Gasteiger partial charge in [0.05, 0.1) is 14.2 Å². The van der Waals surface area contributed by atoms with Crippen LogP contribution < -0.4 is 0 Å². The Kier molecular flexibility index (Phi) is 2.15. The maximum Gasteiger partial charge on any atom is 0.113 e. The van der Waals surface area contributed by atoms with Crippen LogP contribution in [-0.2, 0) is 6.17 Å². The Hall–Kier alpha value is -1.16. The molecular weight excluding hydrogens is 190 g/mol. The molecule has 2 aromatic rings. The summed E-state index contributed by atoms with van der Waals surface area (Å²) in [5.41, 5.74) is 1.98. The molecule has 2 rings (SSSR count). The van der Waals surface area contributed by atoms with Crippen molar-refractivity contribution in [2.24, 2.45) is 0 Å². The van der Waals surface area contributed by atoms with Gasteiger partial charge in [0.2, 0.25) is 0 Å². The fourth-order valence-corrected chi connectivity index (χ4v) is 2.39. The molecule has 74 valence electrons. The molecule has 0 atom stereocenters. The van der Waals surface area contributed by atoms with Gasteiger partial charge in [-0.25, -0.2) is 0 Å². The van der Waals surface area contributed by atoms with Crippen molar-refractivity contribution >= 4 is 19.1 Å². The summed E-state index contributed by atoms with van der Waals surface area (Å²) in [4.78, 5) is 1.84. The van der Waals surface area contributed by atoms with Crippen LogP contribution >= 0.6 is 0 Å². The molecule has 0 aliphatic heterocycles. The molecule has 0 radical (unpaired) electrons. The minimum Gasteiger partial charge on any atom is -0.187 e. The summed E-state index contributed by atoms with van der Waals surface area (Å²) in [6, 6.07) is 8.00. The molecule has 1 heterocycles. The number of hydrogen-bond acceptors (Lipinski definition) is 2. The van der Waals surface area contributed by atoms with Crippen molar-refractivity contribution in [1.82, 2.24) is 15.0 Å². The van der Waals surface area contributed by atoms with Gasteiger partial charge < -0.3 is 0 Å². The average molecular weight is 205 g/mol. The third-order valence-corrected chi connectivity index (χ3v) is 3.18. The fourth-order valence-electron chi connectivity index (χ4n) is 1.40. The Bertz CT molecular complexity index is 409. The zero-order valence-corrected chi connectivity index (χ0v) is 9.86. The van der Waals surface area contributed by atoms with Gasteiger partial charge in [-0.2, -0.15) is 15.0 Å². The lowest BCUT2D eigenvalue weighted by molar-refractivity contribution is 0.631. The average Bonchev–Trinajstić information content (AvgIpc) is 2.42. The van der Waals surface area contributed by atoms with Gasteiger partial charge in [-0.1, -0.05) is 31.8 Å². The molecule has 1 aromatic carbocycles. The zero-order valence-electron chi connectivity index (χ0n) is 8.86. The summed E-state index contributed by atoms with van der Waals surface area (Å²) in [5, 5.41) is 8.88. The number of aromatic nitrogens is 3. The lowest BCUT2D eigenvalue weighted by Crippen LogP contribution is -2.29. The number of nitrogens with zero attached hydrogens (tertiary/aromatic N) is 3. The molecule has 14 heavy (non-hydrogen) atoms. The first-order valence-corrected chi connectivity index (χ1v) is 8.55. The van der Waals surface area contributed by atoms with Crippen LogP contribution in [0.5, 0.6) is 0 Å². The van der Waals surface area contributed by atoms with Crippen LogP contribution in [0.3, 0.4) is 0 Å². The van der Waals surface area contributed by atoms with E-state index >= 15 is 0 Å². The van der Waals surface area contributed by atoms with Gasteiger partial charge in [0, 0.05) is 0 Å². The van der Waals surface area contributed by atoms with Crippen molar-refractivity contribution < 1.29 is 0 Å². The van der Waals surface area contributed by atoms with E-state index in [1.165, 1.54) is 0 Å². The molecule has 1 aromatic heterocycles. The van der Waals surface area contributed by atoms with Gasteiger partial charge in [-0.15, -0.1) is 0 Å². The molecule has 0 aliphatic carbocycles. The van der Waals surface area contributed by atoms with Crippen molar-refractivity contribution in [2.75, 3.05) is 0 Å². The first kappa shape index (κ1) is 9.39. The highest BCUT2D eigenvalue weighted by Gasteiger charge is 2.15. The highest BCUT2D eigenvalue weighted by atomic mass is 28.3. The standard InChI is InChI=1S/C10H15N3Si/c1-14(2,3)8-13-11-9-6-4-5-7-10(9)12-13/h4-7H,8H2,1-3H3. The summed E-state index contributed by atoms with van der Waals surface area (Å²) >= 11 is 0. The van der Waals surface area contributed by atoms with Crippen LogP contribution in [0.15, 0.2) is 24.3 Å². The van der Waals surface area contributed by atoms with Gasteiger partial charge in [-0.05, 0) is 12.1 Å². The van der Waals surface area contributed by atoms with Gasteiger partial charge in [0.25, 0.3) is 0 Å². The molecule has 4 heteroatoms. The third-order valence-electron chi connectivity index (χ3n) is 1.94. The maximum atomic E-state index is 4.44. The molecule has 0 fully saturated rings. The summed E-state index contributed by atoms with van der Waals surface area (Å²) in [7, 11) is -1.12. The Labute approximate surface area is 84.7 Å². The van der Waals surface area contributed by atoms with Crippen molar-refractivity contribution in [1.29, 1.82) is 0 Å². The molecule has 0 amide bonds. The predicted octanol–water partition coefficient (Wildman–Crippen LogP) is 2.31. The molecule has 0 spiro atoms. The van der Waals surface area contributed by atoms with E-state index in [4.69, 9.17) is 0 Å². The largest absolute Gasteiger partial charge is 0.187 e. The van der Waals surface area contributed by atoms with Crippen molar-refractivity contribution in [2.45, 2.75) is 25.8 Å². The monoisotopic (exact) mass is 205 g/mol. The van der Waals surface area contributed by atoms with E-state index in [-0.39, 0.29) is 0 Å². The summed E-state index contributed by atoms with van der Waals surface area (Å²) in [6.07, 6.45) is 0.988. The van der Waals surface area contributed by atoms with Crippen LogP contribution in [0.2, 0.25) is 19.6 Å². The third kappa shape index (κ3) is 2.01. The minimum atomic E-state index is -1.12. The van der Waals surface area contributed by atoms with Crippen molar-refractivity contribution in [3.63, 3.8) is 0 Å². The Morgan fingerprint density at radius 1 is 1.07 bits per heavy atom. The van der Waals surface area contributed by atoms with Crippen LogP contribution in [0.25, 0.3) is 11.0 Å². The second-order valence-corrected chi connectivity index (χ2v) is 10.2. The van der Waals surface area contributed by atoms with Gasteiger partial charge >= 0.3 is 0 Å². The molecule has 3 nitrogen and oxygen atoms in total. The van der Waals surface area contributed by atoms with Gasteiger partial charge in [0.1, 0.15) is 11.0 Å². The van der Waals surface area contributed by atoms with Gasteiger partial charge in [-0.3, -0.25) is 0 Å². The number of rotatable bonds is 2. The van der Waals surface area contributed by atoms with E-state index in [0.717, 1.165) is 17.2 Å². The quantitative estimate of drug-likeness (QED) is 0.704. The Balaban J connectivity index is 2.36. The SMILES string of the molecule is C[Si](C)(C)Cn1nc2ccccc2n1. The first-order valence-electron chi connectivity index (χ1n) is 4.84. The van der Waals surface area contributed by atoms with E-state index in [1.54, 1.807) is 0 Å². The van der Waals surface area contributed by atoms with Crippen LogP contribution in [0, 0.1) is 0 Å². The first-order chi connectivity index (χ1) is 6.54. The zero-order chi connectivity index (χ0) is 10.2. The highest BCUT2D eigenvalue weighted by molar-refractivity contribution is 6.74. The van der Waals surface area contributed by atoms with Crippen LogP contribution in [0.4, 0.5) is 0 Å². The molecule has 0 aliphatic rings. The normalized spacial score (nSPS) is 12.2. The Morgan fingerprint density at radius 3 is 2.00 bits per heavy atom. The molecular formula is C10H15N3Si. The number of benzene rings is 1. The van der Waals surface area contributed by atoms with E-state index in [2.05, 4.69) is 29.8 Å². The number of fused-ring (bicyclic) bond motifs is 1. The lowest BCUT2D eigenvalue weighted by Gasteiger charge is -2.13. The molecule has 0 unspecified atom stereocenters. The van der Waals surface area contributed by atoms with Crippen molar-refractivity contribution in [3.05, 3.63) is 24.3 Å². The highest BCUT2D eigenvalue weighted by Crippen LogP contribution is 2.09. The summed E-state index contributed by atoms with van der Waals surface area (Å²) in [5.74, 6) is 0. The smallest absolute Gasteiger partial charge is 0.113 e. The molecule has 0 bridgehead atoms. The van der Waals surface area contributed by atoms with Crippen LogP contribution in [0.1, 0.15) is 0 Å². The Morgan fingerprint density at radius 2 is 1.57 bits per heavy atom. The molecule has 0 saturated carbocycles. The van der Waals surface area contributed by atoms with E-state index in [9.17, 15) is 0 Å². The number of hydrogen-bond donors (Lipinski definition) is 0. The second-order valence-electron chi connectivity index (χ2n) is 4.78. The predicted molar refractivity (Wildman–Crippen MR) is 60.9 cm³/mol. The van der Waals surface area contributed by atoms with E-state index < -0.39 is 8.07 Å². The van der Waals surface area contributed by atoms with Gasteiger partial charge in [0.15, 0.2) is 0 Å². The minimum absolute atomic E-state index is 0.988. The maximum absolute atomic E-state index is 4.44. The second kappa shape index (κ2) is 3.20. The van der Waals surface area contributed by atoms with Crippen molar-refractivity contribution in [3.8, 4) is 0 Å². The van der Waals surface area contributed by atoms with E-state index in [0.29, 0.717) is 0 Å². The van der Waals surface area contributed by atoms with E-state index in [1.807, 2.05) is 29.1 Å². The molecule has 0 N–H and O–H groups in total. The topological polar surface area (TPSA) is 30.7 Å².